The van der Waals surface area contributed by atoms with Crippen molar-refractivity contribution in [2.24, 2.45) is 0 Å². The van der Waals surface area contributed by atoms with E-state index < -0.39 is 0 Å². The molecule has 18 heavy (non-hydrogen) atoms. The predicted molar refractivity (Wildman–Crippen MR) is 77.4 cm³/mol. The van der Waals surface area contributed by atoms with Gasteiger partial charge in [-0.25, -0.2) is 0 Å². The molecule has 1 aromatic rings. The maximum Gasteiger partial charge on any atom is 0.304 e. The van der Waals surface area contributed by atoms with Gasteiger partial charge in [-0.3, -0.25) is 9.69 Å². The van der Waals surface area contributed by atoms with Crippen LogP contribution in [0.5, 0.6) is 0 Å². The van der Waals surface area contributed by atoms with E-state index in [1.807, 2.05) is 0 Å². The van der Waals surface area contributed by atoms with Gasteiger partial charge in [0.15, 0.2) is 0 Å². The maximum absolute atomic E-state index is 11.6. The highest BCUT2D eigenvalue weighted by molar-refractivity contribution is 7.09. The van der Waals surface area contributed by atoms with Crippen LogP contribution in [0.2, 0.25) is 0 Å². The molecular formula is C14H24N2OS. The molecule has 0 spiro atoms. The van der Waals surface area contributed by atoms with Gasteiger partial charge in [-0.15, -0.1) is 0 Å². The summed E-state index contributed by atoms with van der Waals surface area (Å²) in [5.41, 5.74) is 1.14. The minimum absolute atomic E-state index is 0.0961. The average molecular weight is 268 g/mol. The smallest absolute Gasteiger partial charge is 0.304 e. The van der Waals surface area contributed by atoms with E-state index in [-0.39, 0.29) is 4.87 Å². The Hall–Kier alpha value is -0.610. The molecular weight excluding hydrogens is 244 g/mol. The third-order valence-electron chi connectivity index (χ3n) is 3.90. The Morgan fingerprint density at radius 1 is 1.44 bits per heavy atom. The van der Waals surface area contributed by atoms with E-state index in [2.05, 4.69) is 30.7 Å². The first-order chi connectivity index (χ1) is 8.61. The van der Waals surface area contributed by atoms with Gasteiger partial charge < -0.3 is 4.98 Å². The molecule has 1 aliphatic heterocycles. The lowest BCUT2D eigenvalue weighted by Crippen LogP contribution is -2.38. The minimum atomic E-state index is 0.0961. The number of piperidine rings is 1. The normalized spacial score (nSPS) is 21.7. The summed E-state index contributed by atoms with van der Waals surface area (Å²) in [4.78, 5) is 18.5. The van der Waals surface area contributed by atoms with E-state index in [9.17, 15) is 4.79 Å². The van der Waals surface area contributed by atoms with E-state index in [0.717, 1.165) is 12.2 Å². The molecule has 102 valence electrons. The van der Waals surface area contributed by atoms with Gasteiger partial charge in [-0.05, 0) is 31.7 Å². The molecule has 1 fully saturated rings. The highest BCUT2D eigenvalue weighted by Gasteiger charge is 2.23. The second kappa shape index (κ2) is 6.02. The monoisotopic (exact) mass is 268 g/mol. The molecule has 0 aromatic carbocycles. The Morgan fingerprint density at radius 3 is 2.89 bits per heavy atom. The van der Waals surface area contributed by atoms with Crippen molar-refractivity contribution < 1.29 is 0 Å². The van der Waals surface area contributed by atoms with Crippen molar-refractivity contribution in [2.75, 3.05) is 6.54 Å². The fourth-order valence-electron chi connectivity index (χ4n) is 2.87. The van der Waals surface area contributed by atoms with Crippen LogP contribution in [0.25, 0.3) is 0 Å². The van der Waals surface area contributed by atoms with Crippen LogP contribution in [0.1, 0.15) is 62.9 Å². The second-order valence-electron chi connectivity index (χ2n) is 5.53. The van der Waals surface area contributed by atoms with Crippen LogP contribution in [0.3, 0.4) is 0 Å². The molecule has 1 N–H and O–H groups in total. The van der Waals surface area contributed by atoms with Gasteiger partial charge in [0.2, 0.25) is 0 Å². The number of hydrogen-bond donors (Lipinski definition) is 1. The van der Waals surface area contributed by atoms with Crippen LogP contribution in [-0.4, -0.2) is 22.5 Å². The first kappa shape index (κ1) is 13.8. The summed E-state index contributed by atoms with van der Waals surface area (Å²) < 4.78 is 0. The molecule has 1 aromatic heterocycles. The molecule has 0 bridgehead atoms. The molecule has 0 saturated carbocycles. The minimum Gasteiger partial charge on any atom is -0.316 e. The number of rotatable bonds is 4. The zero-order valence-corrected chi connectivity index (χ0v) is 12.5. The predicted octanol–water partition coefficient (Wildman–Crippen LogP) is 3.32. The molecule has 1 saturated heterocycles. The number of aromatic nitrogens is 1. The van der Waals surface area contributed by atoms with E-state index >= 15 is 0 Å². The molecule has 1 aliphatic rings. The van der Waals surface area contributed by atoms with Crippen molar-refractivity contribution in [1.29, 1.82) is 0 Å². The Morgan fingerprint density at radius 2 is 2.22 bits per heavy atom. The molecule has 2 heterocycles. The summed E-state index contributed by atoms with van der Waals surface area (Å²) in [6.07, 6.45) is 5.19. The highest BCUT2D eigenvalue weighted by Crippen LogP contribution is 2.26. The van der Waals surface area contributed by atoms with Crippen molar-refractivity contribution in [3.63, 3.8) is 0 Å². The molecule has 2 rings (SSSR count). The van der Waals surface area contributed by atoms with Crippen molar-refractivity contribution in [3.05, 3.63) is 20.2 Å². The van der Waals surface area contributed by atoms with Crippen LogP contribution in [-0.2, 0) is 6.54 Å². The first-order valence-electron chi connectivity index (χ1n) is 7.07. The quantitative estimate of drug-likeness (QED) is 0.909. The number of H-pyrrole nitrogens is 1. The molecule has 4 heteroatoms. The van der Waals surface area contributed by atoms with E-state index in [0.29, 0.717) is 12.0 Å². The molecule has 0 amide bonds. The van der Waals surface area contributed by atoms with Crippen molar-refractivity contribution in [2.45, 2.75) is 65.0 Å². The lowest BCUT2D eigenvalue weighted by atomic mass is 9.99. The van der Waals surface area contributed by atoms with Gasteiger partial charge in [0.1, 0.15) is 0 Å². The van der Waals surface area contributed by atoms with Crippen LogP contribution in [0, 0.1) is 0 Å². The SMILES string of the molecule is CCC1CCCCN1Cc1sc(=O)[nH]c1C(C)C. The zero-order valence-electron chi connectivity index (χ0n) is 11.7. The van der Waals surface area contributed by atoms with Gasteiger partial charge in [0.25, 0.3) is 0 Å². The standard InChI is InChI=1S/C14H24N2OS/c1-4-11-7-5-6-8-16(11)9-12-13(10(2)3)15-14(17)18-12/h10-11H,4-9H2,1-3H3,(H,15,17). The van der Waals surface area contributed by atoms with Gasteiger partial charge in [-0.2, -0.15) is 0 Å². The third-order valence-corrected chi connectivity index (χ3v) is 4.78. The molecule has 1 unspecified atom stereocenters. The van der Waals surface area contributed by atoms with Gasteiger partial charge in [0.05, 0.1) is 0 Å². The summed E-state index contributed by atoms with van der Waals surface area (Å²) in [7, 11) is 0. The lowest BCUT2D eigenvalue weighted by molar-refractivity contribution is 0.137. The number of likely N-dealkylation sites (tertiary alicyclic amines) is 1. The number of hydrogen-bond acceptors (Lipinski definition) is 3. The fourth-order valence-corrected chi connectivity index (χ4v) is 3.88. The molecule has 0 radical (unpaired) electrons. The van der Waals surface area contributed by atoms with Crippen LogP contribution < -0.4 is 4.87 Å². The summed E-state index contributed by atoms with van der Waals surface area (Å²) in [5, 5.41) is 0. The Balaban J connectivity index is 2.14. The van der Waals surface area contributed by atoms with Crippen LogP contribution >= 0.6 is 11.3 Å². The van der Waals surface area contributed by atoms with Crippen LogP contribution in [0.15, 0.2) is 4.79 Å². The summed E-state index contributed by atoms with van der Waals surface area (Å²) >= 11 is 1.40. The highest BCUT2D eigenvalue weighted by atomic mass is 32.1. The third kappa shape index (κ3) is 3.04. The first-order valence-corrected chi connectivity index (χ1v) is 7.89. The summed E-state index contributed by atoms with van der Waals surface area (Å²) in [6, 6.07) is 0.705. The van der Waals surface area contributed by atoms with Gasteiger partial charge in [-0.1, -0.05) is 38.5 Å². The molecule has 3 nitrogen and oxygen atoms in total. The Kier molecular flexibility index (Phi) is 4.62. The van der Waals surface area contributed by atoms with Gasteiger partial charge >= 0.3 is 4.87 Å². The lowest BCUT2D eigenvalue weighted by Gasteiger charge is -2.35. The van der Waals surface area contributed by atoms with E-state index in [1.54, 1.807) is 0 Å². The van der Waals surface area contributed by atoms with Gasteiger partial charge in [0, 0.05) is 23.2 Å². The molecule has 1 atom stereocenters. The largest absolute Gasteiger partial charge is 0.316 e. The topological polar surface area (TPSA) is 36.1 Å². The average Bonchev–Trinajstić information content (AvgIpc) is 2.71. The molecule has 0 aliphatic carbocycles. The number of nitrogens with one attached hydrogen (secondary N) is 1. The zero-order chi connectivity index (χ0) is 13.1. The van der Waals surface area contributed by atoms with Crippen molar-refractivity contribution in [3.8, 4) is 0 Å². The van der Waals surface area contributed by atoms with E-state index in [1.165, 1.54) is 48.4 Å². The Labute approximate surface area is 113 Å². The number of aromatic amines is 1. The summed E-state index contributed by atoms with van der Waals surface area (Å²) in [6.45, 7) is 8.70. The van der Waals surface area contributed by atoms with Crippen molar-refractivity contribution >= 4 is 11.3 Å². The van der Waals surface area contributed by atoms with Crippen LogP contribution in [0.4, 0.5) is 0 Å². The van der Waals surface area contributed by atoms with Crippen molar-refractivity contribution in [1.82, 2.24) is 9.88 Å². The number of thiazole rings is 1. The Bertz CT molecular complexity index is 435. The fraction of sp³-hybridized carbons (Fsp3) is 0.786. The summed E-state index contributed by atoms with van der Waals surface area (Å²) in [5.74, 6) is 0.406. The number of nitrogens with zero attached hydrogens (tertiary/aromatic N) is 1. The van der Waals surface area contributed by atoms with E-state index in [4.69, 9.17) is 0 Å². The maximum atomic E-state index is 11.6. The second-order valence-corrected chi connectivity index (χ2v) is 6.60.